The Kier molecular flexibility index (Phi) is 4.52. The van der Waals surface area contributed by atoms with Crippen LogP contribution < -0.4 is 4.74 Å². The highest BCUT2D eigenvalue weighted by atomic mass is 16.5. The molecule has 3 aromatic rings. The molecule has 27 heavy (non-hydrogen) atoms. The lowest BCUT2D eigenvalue weighted by atomic mass is 10.2. The number of benzene rings is 1. The minimum Gasteiger partial charge on any atom is -0.493 e. The van der Waals surface area contributed by atoms with Crippen molar-refractivity contribution < 1.29 is 18.4 Å². The Morgan fingerprint density at radius 1 is 1.30 bits per heavy atom. The Hall–Kier alpha value is -2.95. The largest absolute Gasteiger partial charge is 0.493 e. The zero-order valence-electron chi connectivity index (χ0n) is 15.8. The molecule has 140 valence electrons. The molecule has 0 N–H and O–H groups in total. The molecule has 5 heteroatoms. The number of carbonyl (C=O) groups excluding carboxylic acids is 1. The topological polar surface area (TPSA) is 55.8 Å². The molecule has 2 atom stereocenters. The van der Waals surface area contributed by atoms with Crippen molar-refractivity contribution in [1.82, 2.24) is 4.90 Å². The van der Waals surface area contributed by atoms with Crippen molar-refractivity contribution in [3.8, 4) is 5.75 Å². The number of para-hydroxylation sites is 1. The number of methoxy groups -OCH3 is 1. The van der Waals surface area contributed by atoms with Crippen LogP contribution in [-0.4, -0.2) is 25.0 Å². The average molecular weight is 365 g/mol. The molecule has 0 bridgehead atoms. The highest BCUT2D eigenvalue weighted by molar-refractivity contribution is 5.92. The summed E-state index contributed by atoms with van der Waals surface area (Å²) in [7, 11) is 3.37. The fourth-order valence-corrected chi connectivity index (χ4v) is 3.29. The van der Waals surface area contributed by atoms with Gasteiger partial charge in [-0.2, -0.15) is 0 Å². The molecule has 0 spiro atoms. The fourth-order valence-electron chi connectivity index (χ4n) is 3.29. The van der Waals surface area contributed by atoms with Crippen molar-refractivity contribution in [3.63, 3.8) is 0 Å². The summed E-state index contributed by atoms with van der Waals surface area (Å²) in [4.78, 5) is 14.0. The van der Waals surface area contributed by atoms with Crippen LogP contribution in [0.5, 0.6) is 5.75 Å². The van der Waals surface area contributed by atoms with Crippen LogP contribution in [0.3, 0.4) is 0 Å². The third-order valence-corrected chi connectivity index (χ3v) is 5.06. The van der Waals surface area contributed by atoms with Crippen molar-refractivity contribution in [2.45, 2.75) is 25.8 Å². The van der Waals surface area contributed by atoms with Gasteiger partial charge in [-0.1, -0.05) is 19.1 Å². The maximum atomic E-state index is 12.4. The molecule has 1 amide bonds. The minimum atomic E-state index is -0.111. The zero-order valence-corrected chi connectivity index (χ0v) is 15.8. The molecule has 0 aliphatic heterocycles. The number of hydrogen-bond acceptors (Lipinski definition) is 4. The first-order chi connectivity index (χ1) is 13.0. The van der Waals surface area contributed by atoms with E-state index in [1.165, 1.54) is 12.5 Å². The summed E-state index contributed by atoms with van der Waals surface area (Å²) in [5, 5.41) is 0.937. The normalized spacial score (nSPS) is 18.9. The van der Waals surface area contributed by atoms with Gasteiger partial charge in [0.05, 0.1) is 13.7 Å². The van der Waals surface area contributed by atoms with Crippen LogP contribution in [0.25, 0.3) is 17.0 Å². The van der Waals surface area contributed by atoms with Gasteiger partial charge in [-0.15, -0.1) is 0 Å². The molecule has 0 radical (unpaired) electrons. The molecule has 1 aliphatic carbocycles. The van der Waals surface area contributed by atoms with Gasteiger partial charge in [-0.3, -0.25) is 4.79 Å². The molecule has 0 saturated heterocycles. The van der Waals surface area contributed by atoms with Gasteiger partial charge in [0.15, 0.2) is 11.3 Å². The molecular formula is C22H23NO4. The lowest BCUT2D eigenvalue weighted by Gasteiger charge is -2.12. The van der Waals surface area contributed by atoms with Gasteiger partial charge in [-0.25, -0.2) is 0 Å². The summed E-state index contributed by atoms with van der Waals surface area (Å²) in [6.45, 7) is 2.67. The second-order valence-electron chi connectivity index (χ2n) is 7.18. The number of carbonyl (C=O) groups is 1. The van der Waals surface area contributed by atoms with E-state index in [0.29, 0.717) is 35.5 Å². The van der Waals surface area contributed by atoms with Crippen molar-refractivity contribution in [1.29, 1.82) is 0 Å². The van der Waals surface area contributed by atoms with Crippen LogP contribution in [0, 0.1) is 5.92 Å². The molecular weight excluding hydrogens is 342 g/mol. The molecule has 2 aromatic heterocycles. The molecule has 4 rings (SSSR count). The molecule has 1 aromatic carbocycles. The summed E-state index contributed by atoms with van der Waals surface area (Å²) in [6, 6.07) is 11.6. The van der Waals surface area contributed by atoms with E-state index < -0.39 is 0 Å². The molecule has 1 fully saturated rings. The van der Waals surface area contributed by atoms with Gasteiger partial charge in [0, 0.05) is 24.4 Å². The number of hydrogen-bond donors (Lipinski definition) is 0. The molecule has 5 nitrogen and oxygen atoms in total. The molecule has 2 heterocycles. The number of likely N-dealkylation sites (N-methyl/N-ethyl adjacent to an activating group) is 1. The number of ether oxygens (including phenoxy) is 1. The standard InChI is InChI=1S/C22H23NO4/c1-14-11-18(14)19-9-7-17(26-19)13-23(2)21(24)10-8-16-12-15-5-4-6-20(25-3)22(15)27-16/h4-10,12,14,18H,11,13H2,1-3H3/b10-8+/t14-,18+/m1/s1. The summed E-state index contributed by atoms with van der Waals surface area (Å²) in [5.41, 5.74) is 0.679. The first kappa shape index (κ1) is 17.5. The lowest BCUT2D eigenvalue weighted by molar-refractivity contribution is -0.125. The Labute approximate surface area is 158 Å². The first-order valence-electron chi connectivity index (χ1n) is 9.13. The van der Waals surface area contributed by atoms with Crippen molar-refractivity contribution in [3.05, 3.63) is 59.8 Å². The number of nitrogens with zero attached hydrogens (tertiary/aromatic N) is 1. The number of rotatable bonds is 6. The summed E-state index contributed by atoms with van der Waals surface area (Å²) >= 11 is 0. The molecule has 0 unspecified atom stereocenters. The van der Waals surface area contributed by atoms with Gasteiger partial charge in [-0.05, 0) is 42.7 Å². The summed E-state index contributed by atoms with van der Waals surface area (Å²) < 4.78 is 17.0. The van der Waals surface area contributed by atoms with Crippen LogP contribution in [0.4, 0.5) is 0 Å². The molecule has 1 saturated carbocycles. The Balaban J connectivity index is 1.41. The van der Waals surface area contributed by atoms with E-state index in [-0.39, 0.29) is 5.91 Å². The van der Waals surface area contributed by atoms with E-state index in [2.05, 4.69) is 6.92 Å². The zero-order chi connectivity index (χ0) is 19.0. The summed E-state index contributed by atoms with van der Waals surface area (Å²) in [5.74, 6) is 4.26. The predicted molar refractivity (Wildman–Crippen MR) is 104 cm³/mol. The van der Waals surface area contributed by atoms with E-state index in [1.807, 2.05) is 36.4 Å². The van der Waals surface area contributed by atoms with Gasteiger partial charge >= 0.3 is 0 Å². The third-order valence-electron chi connectivity index (χ3n) is 5.06. The smallest absolute Gasteiger partial charge is 0.246 e. The predicted octanol–water partition coefficient (Wildman–Crippen LogP) is 4.83. The van der Waals surface area contributed by atoms with Gasteiger partial charge in [0.25, 0.3) is 0 Å². The number of fused-ring (bicyclic) bond motifs is 1. The van der Waals surface area contributed by atoms with Crippen molar-refractivity contribution in [2.75, 3.05) is 14.2 Å². The first-order valence-corrected chi connectivity index (χ1v) is 9.13. The monoisotopic (exact) mass is 365 g/mol. The highest BCUT2D eigenvalue weighted by Gasteiger charge is 2.36. The van der Waals surface area contributed by atoms with Crippen LogP contribution in [-0.2, 0) is 11.3 Å². The molecule has 1 aliphatic rings. The SMILES string of the molecule is COc1cccc2cc(/C=C/C(=O)N(C)Cc3ccc([C@H]4C[C@H]4C)o3)oc12. The maximum Gasteiger partial charge on any atom is 0.246 e. The lowest BCUT2D eigenvalue weighted by Crippen LogP contribution is -2.23. The van der Waals surface area contributed by atoms with Crippen molar-refractivity contribution >= 4 is 23.0 Å². The second kappa shape index (κ2) is 6.99. The Morgan fingerprint density at radius 2 is 2.11 bits per heavy atom. The van der Waals surface area contributed by atoms with Crippen molar-refractivity contribution in [2.24, 2.45) is 5.92 Å². The Bertz CT molecular complexity index is 997. The van der Waals surface area contributed by atoms with Gasteiger partial charge in [0.1, 0.15) is 17.3 Å². The van der Waals surface area contributed by atoms with E-state index in [9.17, 15) is 4.79 Å². The van der Waals surface area contributed by atoms with Crippen LogP contribution >= 0.6 is 0 Å². The van der Waals surface area contributed by atoms with Crippen LogP contribution in [0.1, 0.15) is 36.5 Å². The Morgan fingerprint density at radius 3 is 2.85 bits per heavy atom. The van der Waals surface area contributed by atoms with E-state index in [4.69, 9.17) is 13.6 Å². The fraction of sp³-hybridized carbons (Fsp3) is 0.318. The second-order valence-corrected chi connectivity index (χ2v) is 7.18. The maximum absolute atomic E-state index is 12.4. The van der Waals surface area contributed by atoms with E-state index >= 15 is 0 Å². The number of amides is 1. The van der Waals surface area contributed by atoms with E-state index in [1.54, 1.807) is 25.1 Å². The minimum absolute atomic E-state index is 0.111. The number of furan rings is 2. The highest BCUT2D eigenvalue weighted by Crippen LogP contribution is 2.47. The van der Waals surface area contributed by atoms with Crippen LogP contribution in [0.2, 0.25) is 0 Å². The van der Waals surface area contributed by atoms with E-state index in [0.717, 1.165) is 16.9 Å². The van der Waals surface area contributed by atoms with Crippen LogP contribution in [0.15, 0.2) is 51.3 Å². The average Bonchev–Trinajstić information content (AvgIpc) is 3.07. The van der Waals surface area contributed by atoms with Gasteiger partial charge in [0.2, 0.25) is 5.91 Å². The third kappa shape index (κ3) is 3.63. The quantitative estimate of drug-likeness (QED) is 0.587. The van der Waals surface area contributed by atoms with Gasteiger partial charge < -0.3 is 18.5 Å². The summed E-state index contributed by atoms with van der Waals surface area (Å²) in [6.07, 6.45) is 4.38.